The minimum Gasteiger partial charge on any atom is -0.479 e. The number of carbonyl (C=O) groups excluding carboxylic acids is 1. The molecule has 0 spiro atoms. The van der Waals surface area contributed by atoms with Crippen molar-refractivity contribution in [3.8, 4) is 0 Å². The van der Waals surface area contributed by atoms with Crippen molar-refractivity contribution in [1.82, 2.24) is 4.90 Å². The third-order valence-corrected chi connectivity index (χ3v) is 3.88. The Morgan fingerprint density at radius 1 is 1.45 bits per heavy atom. The van der Waals surface area contributed by atoms with Gasteiger partial charge in [0.05, 0.1) is 6.04 Å². The third-order valence-electron chi connectivity index (χ3n) is 3.88. The third kappa shape index (κ3) is 2.41. The van der Waals surface area contributed by atoms with Gasteiger partial charge in [0, 0.05) is 6.54 Å². The zero-order chi connectivity index (χ0) is 14.9. The van der Waals surface area contributed by atoms with E-state index in [4.69, 9.17) is 4.74 Å². The standard InChI is InChI=1S/C15H19NO4/c1-4-16-12(17)8-20-14(15(18)19)13(16)11-7-5-6-9(2)10(11)3/h5-7,13-14H,4,8H2,1-3H3,(H,18,19). The summed E-state index contributed by atoms with van der Waals surface area (Å²) in [7, 11) is 0. The number of hydrogen-bond acceptors (Lipinski definition) is 3. The van der Waals surface area contributed by atoms with Gasteiger partial charge in [0.15, 0.2) is 6.10 Å². The number of carboxylic acid groups (broad SMARTS) is 1. The molecule has 1 aliphatic rings. The SMILES string of the molecule is CCN1C(=O)COC(C(=O)O)C1c1cccc(C)c1C. The average molecular weight is 277 g/mol. The molecule has 20 heavy (non-hydrogen) atoms. The van der Waals surface area contributed by atoms with Gasteiger partial charge in [-0.25, -0.2) is 4.79 Å². The fourth-order valence-corrected chi connectivity index (χ4v) is 2.66. The first-order chi connectivity index (χ1) is 9.47. The van der Waals surface area contributed by atoms with Gasteiger partial charge in [0.1, 0.15) is 6.61 Å². The molecule has 1 aromatic rings. The van der Waals surface area contributed by atoms with Crippen LogP contribution >= 0.6 is 0 Å². The van der Waals surface area contributed by atoms with Crippen LogP contribution in [0.4, 0.5) is 0 Å². The van der Waals surface area contributed by atoms with Crippen LogP contribution in [0.25, 0.3) is 0 Å². The predicted octanol–water partition coefficient (Wildman–Crippen LogP) is 1.68. The highest BCUT2D eigenvalue weighted by Crippen LogP contribution is 2.33. The van der Waals surface area contributed by atoms with Gasteiger partial charge < -0.3 is 14.7 Å². The molecule has 0 saturated carbocycles. The highest BCUT2D eigenvalue weighted by Gasteiger charge is 2.41. The Morgan fingerprint density at radius 2 is 2.15 bits per heavy atom. The van der Waals surface area contributed by atoms with E-state index in [1.54, 1.807) is 4.90 Å². The lowest BCUT2D eigenvalue weighted by atomic mass is 9.92. The monoisotopic (exact) mass is 277 g/mol. The van der Waals surface area contributed by atoms with E-state index in [1.807, 2.05) is 39.0 Å². The lowest BCUT2D eigenvalue weighted by Gasteiger charge is -2.39. The Kier molecular flexibility index (Phi) is 4.09. The van der Waals surface area contributed by atoms with Gasteiger partial charge in [0.2, 0.25) is 5.91 Å². The number of aliphatic carboxylic acids is 1. The molecule has 1 N–H and O–H groups in total. The molecular weight excluding hydrogens is 258 g/mol. The summed E-state index contributed by atoms with van der Waals surface area (Å²) in [6.07, 6.45) is -1.02. The number of morpholine rings is 1. The van der Waals surface area contributed by atoms with E-state index in [1.165, 1.54) is 0 Å². The van der Waals surface area contributed by atoms with Crippen molar-refractivity contribution in [2.24, 2.45) is 0 Å². The van der Waals surface area contributed by atoms with Crippen molar-refractivity contribution in [3.05, 3.63) is 34.9 Å². The molecule has 1 heterocycles. The van der Waals surface area contributed by atoms with Gasteiger partial charge in [-0.1, -0.05) is 18.2 Å². The summed E-state index contributed by atoms with van der Waals surface area (Å²) in [5.74, 6) is -1.21. The van der Waals surface area contributed by atoms with Crippen LogP contribution in [0.3, 0.4) is 0 Å². The largest absolute Gasteiger partial charge is 0.479 e. The van der Waals surface area contributed by atoms with Crippen molar-refractivity contribution in [3.63, 3.8) is 0 Å². The molecule has 5 nitrogen and oxygen atoms in total. The van der Waals surface area contributed by atoms with E-state index < -0.39 is 18.1 Å². The minimum absolute atomic E-state index is 0.170. The van der Waals surface area contributed by atoms with Gasteiger partial charge in [-0.15, -0.1) is 0 Å². The maximum atomic E-state index is 12.0. The van der Waals surface area contributed by atoms with Crippen LogP contribution in [0.15, 0.2) is 18.2 Å². The van der Waals surface area contributed by atoms with Crippen molar-refractivity contribution in [1.29, 1.82) is 0 Å². The summed E-state index contributed by atoms with van der Waals surface area (Å²) in [4.78, 5) is 25.0. The zero-order valence-electron chi connectivity index (χ0n) is 11.9. The van der Waals surface area contributed by atoms with Crippen LogP contribution in [0.2, 0.25) is 0 Å². The number of benzene rings is 1. The van der Waals surface area contributed by atoms with Crippen LogP contribution in [-0.4, -0.2) is 41.1 Å². The van der Waals surface area contributed by atoms with E-state index in [0.29, 0.717) is 6.54 Å². The first-order valence-corrected chi connectivity index (χ1v) is 6.67. The maximum absolute atomic E-state index is 12.0. The Morgan fingerprint density at radius 3 is 2.75 bits per heavy atom. The number of aryl methyl sites for hydroxylation is 1. The van der Waals surface area contributed by atoms with Crippen LogP contribution in [0.1, 0.15) is 29.7 Å². The molecular formula is C15H19NO4. The number of carbonyl (C=O) groups is 2. The van der Waals surface area contributed by atoms with E-state index >= 15 is 0 Å². The number of hydrogen-bond donors (Lipinski definition) is 1. The molecule has 2 atom stereocenters. The quantitative estimate of drug-likeness (QED) is 0.912. The van der Waals surface area contributed by atoms with Gasteiger partial charge >= 0.3 is 5.97 Å². The fraction of sp³-hybridized carbons (Fsp3) is 0.467. The minimum atomic E-state index is -1.04. The lowest BCUT2D eigenvalue weighted by Crippen LogP contribution is -2.51. The van der Waals surface area contributed by atoms with E-state index in [-0.39, 0.29) is 12.5 Å². The van der Waals surface area contributed by atoms with Crippen LogP contribution in [0, 0.1) is 13.8 Å². The summed E-state index contributed by atoms with van der Waals surface area (Å²) in [6, 6.07) is 5.15. The zero-order valence-corrected chi connectivity index (χ0v) is 11.9. The Labute approximate surface area is 118 Å². The number of nitrogens with zero attached hydrogens (tertiary/aromatic N) is 1. The van der Waals surface area contributed by atoms with Gasteiger partial charge in [0.25, 0.3) is 0 Å². The first kappa shape index (κ1) is 14.5. The predicted molar refractivity (Wildman–Crippen MR) is 73.4 cm³/mol. The van der Waals surface area contributed by atoms with Gasteiger partial charge in [-0.2, -0.15) is 0 Å². The number of amides is 1. The number of carboxylic acids is 1. The fourth-order valence-electron chi connectivity index (χ4n) is 2.66. The van der Waals surface area contributed by atoms with Crippen molar-refractivity contribution < 1.29 is 19.4 Å². The lowest BCUT2D eigenvalue weighted by molar-refractivity contribution is -0.172. The molecule has 0 bridgehead atoms. The molecule has 1 saturated heterocycles. The summed E-state index contributed by atoms with van der Waals surface area (Å²) < 4.78 is 5.25. The second-order valence-corrected chi connectivity index (χ2v) is 4.98. The molecule has 108 valence electrons. The van der Waals surface area contributed by atoms with Crippen LogP contribution in [-0.2, 0) is 14.3 Å². The van der Waals surface area contributed by atoms with Crippen LogP contribution < -0.4 is 0 Å². The molecule has 2 rings (SSSR count). The summed E-state index contributed by atoms with van der Waals surface area (Å²) in [5.41, 5.74) is 2.91. The molecule has 5 heteroatoms. The number of likely N-dealkylation sites (N-methyl/N-ethyl adjacent to an activating group) is 1. The highest BCUT2D eigenvalue weighted by molar-refractivity contribution is 5.83. The smallest absolute Gasteiger partial charge is 0.335 e. The topological polar surface area (TPSA) is 66.8 Å². The molecule has 1 aliphatic heterocycles. The van der Waals surface area contributed by atoms with E-state index in [0.717, 1.165) is 16.7 Å². The van der Waals surface area contributed by atoms with Gasteiger partial charge in [-0.05, 0) is 37.5 Å². The summed E-state index contributed by atoms with van der Waals surface area (Å²) in [5, 5.41) is 9.37. The molecule has 0 radical (unpaired) electrons. The Bertz CT molecular complexity index is 539. The maximum Gasteiger partial charge on any atom is 0.335 e. The molecule has 0 aromatic heterocycles. The summed E-state index contributed by atoms with van der Waals surface area (Å²) >= 11 is 0. The van der Waals surface area contributed by atoms with E-state index in [2.05, 4.69) is 0 Å². The molecule has 1 aromatic carbocycles. The number of rotatable bonds is 3. The van der Waals surface area contributed by atoms with Gasteiger partial charge in [-0.3, -0.25) is 4.79 Å². The molecule has 1 amide bonds. The average Bonchev–Trinajstić information content (AvgIpc) is 2.41. The molecule has 1 fully saturated rings. The Balaban J connectivity index is 2.52. The highest BCUT2D eigenvalue weighted by atomic mass is 16.5. The Hall–Kier alpha value is -1.88. The summed E-state index contributed by atoms with van der Waals surface area (Å²) in [6.45, 7) is 6.04. The molecule has 0 aliphatic carbocycles. The van der Waals surface area contributed by atoms with E-state index in [9.17, 15) is 14.7 Å². The normalized spacial score (nSPS) is 22.9. The second-order valence-electron chi connectivity index (χ2n) is 4.98. The van der Waals surface area contributed by atoms with Crippen molar-refractivity contribution in [2.75, 3.05) is 13.2 Å². The van der Waals surface area contributed by atoms with Crippen molar-refractivity contribution >= 4 is 11.9 Å². The van der Waals surface area contributed by atoms with Crippen molar-refractivity contribution in [2.45, 2.75) is 32.9 Å². The van der Waals surface area contributed by atoms with Crippen LogP contribution in [0.5, 0.6) is 0 Å². The molecule has 2 unspecified atom stereocenters. The first-order valence-electron chi connectivity index (χ1n) is 6.67. The second kappa shape index (κ2) is 5.63. The number of ether oxygens (including phenoxy) is 1.